The molecule has 4 aliphatic rings. The van der Waals surface area contributed by atoms with Crippen molar-refractivity contribution in [1.82, 2.24) is 29.7 Å². The number of hydrogen-bond acceptors (Lipinski definition) is 8. The smallest absolute Gasteiger partial charge is 0.326 e. The molecule has 2 N–H and O–H groups in total. The molecule has 0 radical (unpaired) electrons. The third-order valence-corrected chi connectivity index (χ3v) is 12.4. The zero-order chi connectivity index (χ0) is 37.8. The first-order valence-electron chi connectivity index (χ1n) is 18.6. The van der Waals surface area contributed by atoms with Gasteiger partial charge in [-0.3, -0.25) is 14.5 Å². The minimum Gasteiger partial charge on any atom is -0.480 e. The second-order valence-electron chi connectivity index (χ2n) is 15.6. The summed E-state index contributed by atoms with van der Waals surface area (Å²) < 4.78 is 28.1. The molecule has 2 aromatic carbocycles. The molecule has 0 bridgehead atoms. The molecule has 3 saturated heterocycles. The first-order chi connectivity index (χ1) is 25.9. The summed E-state index contributed by atoms with van der Waals surface area (Å²) in [6.07, 6.45) is 4.06. The molecule has 0 spiro atoms. The van der Waals surface area contributed by atoms with Crippen molar-refractivity contribution in [2.75, 3.05) is 26.2 Å². The molecule has 4 aromatic rings. The topological polar surface area (TPSA) is 139 Å². The summed E-state index contributed by atoms with van der Waals surface area (Å²) in [6, 6.07) is 14.7. The Labute approximate surface area is 317 Å². The summed E-state index contributed by atoms with van der Waals surface area (Å²) in [4.78, 5) is 52.1. The maximum absolute atomic E-state index is 14.2. The molecule has 54 heavy (non-hydrogen) atoms. The predicted octanol–water partition coefficient (Wildman–Crippen LogP) is 5.56. The van der Waals surface area contributed by atoms with Crippen LogP contribution < -0.4 is 10.1 Å². The molecule has 12 nitrogen and oxygen atoms in total. The van der Waals surface area contributed by atoms with E-state index in [1.165, 1.54) is 11.0 Å². The van der Waals surface area contributed by atoms with Gasteiger partial charge in [0, 0.05) is 46.0 Å². The van der Waals surface area contributed by atoms with Gasteiger partial charge in [0.15, 0.2) is 0 Å². The van der Waals surface area contributed by atoms with E-state index in [1.54, 1.807) is 30.3 Å². The molecule has 1 saturated carbocycles. The number of aliphatic carboxylic acids is 1. The quantitative estimate of drug-likeness (QED) is 0.190. The molecule has 2 amide bonds. The summed E-state index contributed by atoms with van der Waals surface area (Å²) in [5.41, 5.74) is 2.62. The number of fused-ring (bicyclic) bond motifs is 2. The Morgan fingerprint density at radius 1 is 1.07 bits per heavy atom. The summed E-state index contributed by atoms with van der Waals surface area (Å²) in [7, 11) is 0. The van der Waals surface area contributed by atoms with Gasteiger partial charge >= 0.3 is 5.97 Å². The van der Waals surface area contributed by atoms with Crippen molar-refractivity contribution in [2.24, 2.45) is 5.41 Å². The average molecular weight is 759 g/mol. The summed E-state index contributed by atoms with van der Waals surface area (Å²) >= 11 is 5.88. The van der Waals surface area contributed by atoms with Crippen molar-refractivity contribution < 1.29 is 33.4 Å². The average Bonchev–Trinajstić information content (AvgIpc) is 3.38. The van der Waals surface area contributed by atoms with Gasteiger partial charge in [0.05, 0.1) is 36.8 Å². The van der Waals surface area contributed by atoms with E-state index in [0.29, 0.717) is 47.1 Å². The Kier molecular flexibility index (Phi) is 9.60. The van der Waals surface area contributed by atoms with Crippen LogP contribution in [0.2, 0.25) is 5.02 Å². The van der Waals surface area contributed by atoms with Gasteiger partial charge in [-0.05, 0) is 93.9 Å². The normalized spacial score (nSPS) is 25.3. The lowest BCUT2D eigenvalue weighted by atomic mass is 9.93. The molecular weight excluding hydrogens is 715 g/mol. The Bertz CT molecular complexity index is 2120. The van der Waals surface area contributed by atoms with Crippen LogP contribution in [0.4, 0.5) is 4.39 Å². The number of likely N-dealkylation sites (tertiary alicyclic amines) is 2. The Balaban J connectivity index is 0.908. The number of nitrogens with one attached hydrogen (secondary N) is 1. The number of nitrogens with zero attached hydrogens (tertiary/aromatic N) is 5. The zero-order valence-corrected chi connectivity index (χ0v) is 31.1. The van der Waals surface area contributed by atoms with Gasteiger partial charge in [0.25, 0.3) is 5.91 Å². The monoisotopic (exact) mass is 758 g/mol. The SMILES string of the molecule is C[C@]12C[C@@H](C(=O)O)N(C(=O)CNC(=O)c3ccc4c(c3)nc(CN3CCC(c5cccc(OCc6ccc(Cl)cc6F)n5)CC3)n4C[C@@H]3CCO3)[C@@]1(C)C2. The number of carbonyl (C=O) groups excluding carboxylic acids is 2. The molecule has 4 fully saturated rings. The van der Waals surface area contributed by atoms with Crippen molar-refractivity contribution in [3.05, 3.63) is 88.1 Å². The van der Waals surface area contributed by atoms with Gasteiger partial charge < -0.3 is 29.4 Å². The van der Waals surface area contributed by atoms with Crippen molar-refractivity contribution >= 4 is 40.4 Å². The number of carboxylic acid groups (broad SMARTS) is 1. The number of piperidine rings is 2. The number of amides is 2. The number of rotatable bonds is 12. The van der Waals surface area contributed by atoms with E-state index in [1.807, 2.05) is 32.0 Å². The molecule has 14 heteroatoms. The number of benzene rings is 2. The predicted molar refractivity (Wildman–Crippen MR) is 198 cm³/mol. The molecule has 0 unspecified atom stereocenters. The van der Waals surface area contributed by atoms with E-state index in [4.69, 9.17) is 31.0 Å². The number of aromatic nitrogens is 3. The maximum Gasteiger partial charge on any atom is 0.326 e. The van der Waals surface area contributed by atoms with E-state index in [9.17, 15) is 23.9 Å². The molecule has 8 rings (SSSR count). The standard InChI is InChI=1S/C40H44ClFN6O6/c1-39-18-33(38(51)52)48(40(39,2)23-39)36(49)19-43-37(50)25-7-9-32-31(16-25)44-34(47(32)20-28-12-15-53-28)21-46-13-10-24(11-14-46)30-4-3-5-35(45-30)54-22-26-6-8-27(41)17-29(26)42/h3-9,16-17,24,28,33H,10-15,18-23H2,1-2H3,(H,43,50)(H,51,52)/t28-,33-,39+,40-/m0/s1. The fraction of sp³-hybridized carbons (Fsp3) is 0.475. The van der Waals surface area contributed by atoms with Gasteiger partial charge in [-0.1, -0.05) is 30.7 Å². The molecule has 5 heterocycles. The maximum atomic E-state index is 14.2. The van der Waals surface area contributed by atoms with Crippen molar-refractivity contribution in [3.63, 3.8) is 0 Å². The minimum atomic E-state index is -1.02. The van der Waals surface area contributed by atoms with Gasteiger partial charge in [0.2, 0.25) is 11.8 Å². The third-order valence-electron chi connectivity index (χ3n) is 12.1. The van der Waals surface area contributed by atoms with E-state index >= 15 is 0 Å². The number of ether oxygens (including phenoxy) is 2. The highest BCUT2D eigenvalue weighted by atomic mass is 35.5. The second kappa shape index (κ2) is 14.2. The van der Waals surface area contributed by atoms with Crippen LogP contribution >= 0.6 is 11.6 Å². The molecular formula is C40H44ClFN6O6. The highest BCUT2D eigenvalue weighted by Crippen LogP contribution is 2.67. The zero-order valence-electron chi connectivity index (χ0n) is 30.4. The highest BCUT2D eigenvalue weighted by molar-refractivity contribution is 6.30. The summed E-state index contributed by atoms with van der Waals surface area (Å²) in [5.74, 6) is -0.635. The molecule has 2 aromatic heterocycles. The molecule has 284 valence electrons. The molecule has 3 aliphatic heterocycles. The highest BCUT2D eigenvalue weighted by Gasteiger charge is 2.73. The lowest BCUT2D eigenvalue weighted by Gasteiger charge is -2.32. The second-order valence-corrected chi connectivity index (χ2v) is 16.1. The Morgan fingerprint density at radius 2 is 1.87 bits per heavy atom. The Morgan fingerprint density at radius 3 is 2.59 bits per heavy atom. The van der Waals surface area contributed by atoms with Crippen LogP contribution in [-0.2, 0) is 34.0 Å². The van der Waals surface area contributed by atoms with Crippen LogP contribution in [0.5, 0.6) is 5.88 Å². The number of carbonyl (C=O) groups is 3. The van der Waals surface area contributed by atoms with E-state index in [-0.39, 0.29) is 36.5 Å². The number of hydrogen-bond donors (Lipinski definition) is 2. The first-order valence-corrected chi connectivity index (χ1v) is 19.0. The van der Waals surface area contributed by atoms with Crippen LogP contribution in [0.25, 0.3) is 11.0 Å². The van der Waals surface area contributed by atoms with E-state index in [2.05, 4.69) is 14.8 Å². The van der Waals surface area contributed by atoms with Gasteiger partial charge in [-0.15, -0.1) is 0 Å². The van der Waals surface area contributed by atoms with Crippen molar-refractivity contribution in [3.8, 4) is 5.88 Å². The molecule has 4 atom stereocenters. The lowest BCUT2D eigenvalue weighted by molar-refractivity contribution is -0.150. The Hall–Kier alpha value is -4.59. The fourth-order valence-electron chi connectivity index (χ4n) is 8.63. The van der Waals surface area contributed by atoms with Crippen LogP contribution in [0.15, 0.2) is 54.6 Å². The molecule has 1 aliphatic carbocycles. The number of halogens is 2. The van der Waals surface area contributed by atoms with Crippen LogP contribution in [-0.4, -0.2) is 91.2 Å². The van der Waals surface area contributed by atoms with Crippen LogP contribution in [0.1, 0.15) is 79.3 Å². The van der Waals surface area contributed by atoms with Gasteiger partial charge in [0.1, 0.15) is 24.3 Å². The first kappa shape index (κ1) is 36.4. The van der Waals surface area contributed by atoms with E-state index < -0.39 is 29.3 Å². The minimum absolute atomic E-state index is 0.0590. The number of imidazole rings is 1. The lowest BCUT2D eigenvalue weighted by Crippen LogP contribution is -2.51. The van der Waals surface area contributed by atoms with Crippen molar-refractivity contribution in [2.45, 2.75) is 89.3 Å². The van der Waals surface area contributed by atoms with Gasteiger partial charge in [-0.2, -0.15) is 0 Å². The van der Waals surface area contributed by atoms with Crippen molar-refractivity contribution in [1.29, 1.82) is 0 Å². The summed E-state index contributed by atoms with van der Waals surface area (Å²) in [5, 5.41) is 12.8. The summed E-state index contributed by atoms with van der Waals surface area (Å²) in [6.45, 7) is 7.44. The van der Waals surface area contributed by atoms with E-state index in [0.717, 1.165) is 62.4 Å². The van der Waals surface area contributed by atoms with Crippen LogP contribution in [0, 0.1) is 11.2 Å². The number of pyridine rings is 1. The van der Waals surface area contributed by atoms with Crippen LogP contribution in [0.3, 0.4) is 0 Å². The van der Waals surface area contributed by atoms with Gasteiger partial charge in [-0.25, -0.2) is 19.2 Å². The largest absolute Gasteiger partial charge is 0.480 e. The third kappa shape index (κ3) is 6.93. The fourth-order valence-corrected chi connectivity index (χ4v) is 8.79. The number of carboxylic acids is 1.